The van der Waals surface area contributed by atoms with E-state index in [0.717, 1.165) is 0 Å². The zero-order valence-electron chi connectivity index (χ0n) is 8.67. The zero-order chi connectivity index (χ0) is 12.8. The van der Waals surface area contributed by atoms with Crippen LogP contribution in [0.4, 0.5) is 4.79 Å². The fourth-order valence-corrected chi connectivity index (χ4v) is 1.62. The lowest BCUT2D eigenvalue weighted by Gasteiger charge is -2.08. The Morgan fingerprint density at radius 1 is 1.18 bits per heavy atom. The van der Waals surface area contributed by atoms with Crippen molar-refractivity contribution in [1.29, 1.82) is 0 Å². The molecule has 0 aliphatic rings. The van der Waals surface area contributed by atoms with Gasteiger partial charge in [0.1, 0.15) is 6.54 Å². The average molecular weight is 277 g/mol. The van der Waals surface area contributed by atoms with Crippen LogP contribution in [0.15, 0.2) is 18.2 Å². The summed E-state index contributed by atoms with van der Waals surface area (Å²) >= 11 is 11.8. The lowest BCUT2D eigenvalue weighted by Crippen LogP contribution is -2.38. The first-order valence-electron chi connectivity index (χ1n) is 4.67. The first kappa shape index (κ1) is 13.6. The zero-order valence-corrected chi connectivity index (χ0v) is 10.2. The Morgan fingerprint density at radius 2 is 1.76 bits per heavy atom. The van der Waals surface area contributed by atoms with Gasteiger partial charge in [-0.15, -0.1) is 0 Å². The van der Waals surface area contributed by atoms with Crippen molar-refractivity contribution < 1.29 is 14.7 Å². The van der Waals surface area contributed by atoms with Crippen LogP contribution in [0.2, 0.25) is 10.0 Å². The third-order valence-electron chi connectivity index (χ3n) is 1.89. The van der Waals surface area contributed by atoms with Crippen molar-refractivity contribution in [2.24, 2.45) is 0 Å². The summed E-state index contributed by atoms with van der Waals surface area (Å²) in [6, 6.07) is 4.40. The maximum absolute atomic E-state index is 11.2. The minimum atomic E-state index is -1.11. The van der Waals surface area contributed by atoms with E-state index in [1.54, 1.807) is 18.2 Å². The molecular weight excluding hydrogens is 267 g/mol. The van der Waals surface area contributed by atoms with E-state index in [1.807, 2.05) is 0 Å². The summed E-state index contributed by atoms with van der Waals surface area (Å²) in [6.45, 7) is -0.313. The van der Waals surface area contributed by atoms with Crippen LogP contribution in [-0.4, -0.2) is 23.7 Å². The van der Waals surface area contributed by atoms with Crippen molar-refractivity contribution in [3.05, 3.63) is 33.8 Å². The van der Waals surface area contributed by atoms with Crippen LogP contribution in [-0.2, 0) is 11.3 Å². The van der Waals surface area contributed by atoms with E-state index < -0.39 is 18.5 Å². The average Bonchev–Trinajstić information content (AvgIpc) is 2.25. The molecule has 1 rings (SSSR count). The molecule has 0 fully saturated rings. The molecule has 2 amide bonds. The van der Waals surface area contributed by atoms with E-state index in [9.17, 15) is 9.59 Å². The van der Waals surface area contributed by atoms with Gasteiger partial charge in [-0.25, -0.2) is 4.79 Å². The standard InChI is InChI=1S/C10H10Cl2N2O3/c11-7-2-1-3-8(12)6(7)4-13-10(17)14-5-9(15)16/h1-3H,4-5H2,(H,15,16)(H2,13,14,17). The highest BCUT2D eigenvalue weighted by Crippen LogP contribution is 2.23. The van der Waals surface area contributed by atoms with E-state index >= 15 is 0 Å². The number of carbonyl (C=O) groups excluding carboxylic acids is 1. The highest BCUT2D eigenvalue weighted by atomic mass is 35.5. The molecule has 3 N–H and O–H groups in total. The normalized spacial score (nSPS) is 9.76. The summed E-state index contributed by atoms with van der Waals surface area (Å²) in [4.78, 5) is 21.4. The van der Waals surface area contributed by atoms with Gasteiger partial charge < -0.3 is 15.7 Å². The van der Waals surface area contributed by atoms with Crippen LogP contribution in [0.5, 0.6) is 0 Å². The van der Waals surface area contributed by atoms with Gasteiger partial charge in [0.05, 0.1) is 0 Å². The Morgan fingerprint density at radius 3 is 2.29 bits per heavy atom. The number of rotatable bonds is 4. The quantitative estimate of drug-likeness (QED) is 0.786. The number of carboxylic acids is 1. The molecule has 0 saturated heterocycles. The van der Waals surface area contributed by atoms with Crippen LogP contribution in [0.25, 0.3) is 0 Å². The number of aliphatic carboxylic acids is 1. The number of carbonyl (C=O) groups is 2. The molecule has 0 aromatic heterocycles. The Kier molecular flexibility index (Phi) is 5.06. The van der Waals surface area contributed by atoms with Crippen LogP contribution in [0.3, 0.4) is 0 Å². The van der Waals surface area contributed by atoms with Crippen molar-refractivity contribution in [2.75, 3.05) is 6.54 Å². The number of nitrogens with one attached hydrogen (secondary N) is 2. The molecule has 0 aliphatic carbocycles. The lowest BCUT2D eigenvalue weighted by molar-refractivity contribution is -0.135. The fourth-order valence-electron chi connectivity index (χ4n) is 1.09. The smallest absolute Gasteiger partial charge is 0.323 e. The Balaban J connectivity index is 2.50. The van der Waals surface area contributed by atoms with Gasteiger partial charge in [-0.05, 0) is 12.1 Å². The van der Waals surface area contributed by atoms with E-state index in [1.165, 1.54) is 0 Å². The molecule has 1 aromatic carbocycles. The molecular formula is C10H10Cl2N2O3. The van der Waals surface area contributed by atoms with Gasteiger partial charge in [0.15, 0.2) is 0 Å². The highest BCUT2D eigenvalue weighted by Gasteiger charge is 2.07. The van der Waals surface area contributed by atoms with Gasteiger partial charge >= 0.3 is 12.0 Å². The predicted molar refractivity (Wildman–Crippen MR) is 64.3 cm³/mol. The van der Waals surface area contributed by atoms with Crippen LogP contribution >= 0.6 is 23.2 Å². The number of urea groups is 1. The first-order chi connectivity index (χ1) is 8.00. The fraction of sp³-hybridized carbons (Fsp3) is 0.200. The van der Waals surface area contributed by atoms with Gasteiger partial charge in [-0.3, -0.25) is 4.79 Å². The topological polar surface area (TPSA) is 78.4 Å². The molecule has 17 heavy (non-hydrogen) atoms. The highest BCUT2D eigenvalue weighted by molar-refractivity contribution is 6.36. The van der Waals surface area contributed by atoms with E-state index in [2.05, 4.69) is 10.6 Å². The number of hydrogen-bond donors (Lipinski definition) is 3. The summed E-state index contributed by atoms with van der Waals surface area (Å²) in [5, 5.41) is 13.8. The van der Waals surface area contributed by atoms with Crippen molar-refractivity contribution in [1.82, 2.24) is 10.6 Å². The molecule has 0 aliphatic heterocycles. The Labute approximate surface area is 108 Å². The number of carboxylic acid groups (broad SMARTS) is 1. The number of amides is 2. The molecule has 0 saturated carbocycles. The second-order valence-corrected chi connectivity index (χ2v) is 3.94. The first-order valence-corrected chi connectivity index (χ1v) is 5.42. The van der Waals surface area contributed by atoms with Gasteiger partial charge in [0.2, 0.25) is 0 Å². The number of benzene rings is 1. The van der Waals surface area contributed by atoms with Gasteiger partial charge in [-0.2, -0.15) is 0 Å². The van der Waals surface area contributed by atoms with E-state index in [-0.39, 0.29) is 6.54 Å². The van der Waals surface area contributed by atoms with E-state index in [0.29, 0.717) is 15.6 Å². The molecule has 5 nitrogen and oxygen atoms in total. The van der Waals surface area contributed by atoms with Gasteiger partial charge in [-0.1, -0.05) is 29.3 Å². The van der Waals surface area contributed by atoms with Gasteiger partial charge in [0, 0.05) is 22.2 Å². The van der Waals surface area contributed by atoms with Crippen molar-refractivity contribution in [3.63, 3.8) is 0 Å². The largest absolute Gasteiger partial charge is 0.480 e. The second kappa shape index (κ2) is 6.32. The minimum Gasteiger partial charge on any atom is -0.480 e. The maximum atomic E-state index is 11.2. The molecule has 0 bridgehead atoms. The molecule has 1 aromatic rings. The summed E-state index contributed by atoms with van der Waals surface area (Å²) < 4.78 is 0. The summed E-state index contributed by atoms with van der Waals surface area (Å²) in [5.74, 6) is -1.11. The molecule has 7 heteroatoms. The molecule has 92 valence electrons. The molecule has 0 unspecified atom stereocenters. The minimum absolute atomic E-state index is 0.129. The molecule has 0 spiro atoms. The van der Waals surface area contributed by atoms with Crippen LogP contribution in [0, 0.1) is 0 Å². The third-order valence-corrected chi connectivity index (χ3v) is 2.60. The van der Waals surface area contributed by atoms with Crippen molar-refractivity contribution in [3.8, 4) is 0 Å². The number of hydrogen-bond acceptors (Lipinski definition) is 2. The van der Waals surface area contributed by atoms with E-state index in [4.69, 9.17) is 28.3 Å². The second-order valence-electron chi connectivity index (χ2n) is 3.13. The summed E-state index contributed by atoms with van der Waals surface area (Å²) in [5.41, 5.74) is 0.585. The predicted octanol–water partition coefficient (Wildman–Crippen LogP) is 1.88. The van der Waals surface area contributed by atoms with Crippen molar-refractivity contribution in [2.45, 2.75) is 6.54 Å². The molecule has 0 atom stereocenters. The Bertz CT molecular complexity index is 417. The molecule has 0 radical (unpaired) electrons. The third kappa shape index (κ3) is 4.50. The van der Waals surface area contributed by atoms with Gasteiger partial charge in [0.25, 0.3) is 0 Å². The monoisotopic (exact) mass is 276 g/mol. The molecule has 0 heterocycles. The lowest BCUT2D eigenvalue weighted by atomic mass is 10.2. The summed E-state index contributed by atoms with van der Waals surface area (Å²) in [7, 11) is 0. The van der Waals surface area contributed by atoms with Crippen LogP contribution in [0.1, 0.15) is 5.56 Å². The van der Waals surface area contributed by atoms with Crippen molar-refractivity contribution >= 4 is 35.2 Å². The SMILES string of the molecule is O=C(O)CNC(=O)NCc1c(Cl)cccc1Cl. The maximum Gasteiger partial charge on any atom is 0.323 e. The summed E-state index contributed by atoms with van der Waals surface area (Å²) in [6.07, 6.45) is 0. The Hall–Kier alpha value is -1.46. The van der Waals surface area contributed by atoms with Crippen LogP contribution < -0.4 is 10.6 Å². The number of halogens is 2.